The van der Waals surface area contributed by atoms with Crippen molar-refractivity contribution in [1.29, 1.82) is 0 Å². The predicted octanol–water partition coefficient (Wildman–Crippen LogP) is 2.71. The van der Waals surface area contributed by atoms with Crippen LogP contribution in [0.4, 0.5) is 0 Å². The van der Waals surface area contributed by atoms with Crippen LogP contribution in [0.1, 0.15) is 49.0 Å². The van der Waals surface area contributed by atoms with Crippen molar-refractivity contribution in [2.75, 3.05) is 7.05 Å². The second kappa shape index (κ2) is 5.74. The summed E-state index contributed by atoms with van der Waals surface area (Å²) in [6, 6.07) is 8.45. The van der Waals surface area contributed by atoms with E-state index in [0.29, 0.717) is 17.0 Å². The molecule has 1 unspecified atom stereocenters. The molecule has 0 aliphatic heterocycles. The predicted molar refractivity (Wildman–Crippen MR) is 78.1 cm³/mol. The summed E-state index contributed by atoms with van der Waals surface area (Å²) in [5.41, 5.74) is 2.44. The second-order valence-corrected chi connectivity index (χ2v) is 6.26. The lowest BCUT2D eigenvalue weighted by atomic mass is 9.92. The first-order valence-corrected chi connectivity index (χ1v) is 7.04. The summed E-state index contributed by atoms with van der Waals surface area (Å²) in [5.74, 6) is -0.0305. The molecular weight excluding hydrogens is 236 g/mol. The average Bonchev–Trinajstić information content (AvgIpc) is 2.76. The van der Waals surface area contributed by atoms with Gasteiger partial charge in [-0.05, 0) is 42.4 Å². The zero-order valence-corrected chi connectivity index (χ0v) is 12.1. The lowest BCUT2D eigenvalue weighted by Crippen LogP contribution is -2.26. The average molecular weight is 260 g/mol. The van der Waals surface area contributed by atoms with E-state index in [4.69, 9.17) is 0 Å². The number of carbonyl (C=O) groups excluding carboxylic acids is 1. The summed E-state index contributed by atoms with van der Waals surface area (Å²) in [6.45, 7) is 5.56. The van der Waals surface area contributed by atoms with E-state index >= 15 is 0 Å². The number of nitrogens with one attached hydrogen (secondary N) is 2. The molecule has 1 saturated carbocycles. The van der Waals surface area contributed by atoms with E-state index < -0.39 is 0 Å². The van der Waals surface area contributed by atoms with Crippen LogP contribution in [0.5, 0.6) is 0 Å². The molecule has 0 bridgehead atoms. The molecule has 1 amide bonds. The van der Waals surface area contributed by atoms with Gasteiger partial charge in [-0.1, -0.05) is 26.0 Å². The molecule has 104 valence electrons. The van der Waals surface area contributed by atoms with Gasteiger partial charge in [0.2, 0.25) is 0 Å². The minimum Gasteiger partial charge on any atom is -0.355 e. The third kappa shape index (κ3) is 3.80. The normalized spacial score (nSPS) is 21.3. The lowest BCUT2D eigenvalue weighted by molar-refractivity contribution is 0.0963. The van der Waals surface area contributed by atoms with Crippen LogP contribution in [-0.2, 0) is 6.54 Å². The van der Waals surface area contributed by atoms with E-state index in [1.165, 1.54) is 24.8 Å². The van der Waals surface area contributed by atoms with E-state index in [1.807, 2.05) is 24.3 Å². The number of hydrogen-bond donors (Lipinski definition) is 2. The highest BCUT2D eigenvalue weighted by atomic mass is 16.1. The van der Waals surface area contributed by atoms with Crippen molar-refractivity contribution < 1.29 is 4.79 Å². The third-order valence-electron chi connectivity index (χ3n) is 4.01. The van der Waals surface area contributed by atoms with Gasteiger partial charge in [0.15, 0.2) is 0 Å². The fourth-order valence-corrected chi connectivity index (χ4v) is 2.79. The number of carbonyl (C=O) groups is 1. The Labute approximate surface area is 115 Å². The molecule has 1 aliphatic rings. The van der Waals surface area contributed by atoms with Crippen molar-refractivity contribution in [1.82, 2.24) is 10.6 Å². The van der Waals surface area contributed by atoms with Gasteiger partial charge in [-0.3, -0.25) is 4.79 Å². The summed E-state index contributed by atoms with van der Waals surface area (Å²) < 4.78 is 0. The van der Waals surface area contributed by atoms with Crippen molar-refractivity contribution >= 4 is 5.91 Å². The van der Waals surface area contributed by atoms with Crippen LogP contribution in [0.15, 0.2) is 24.3 Å². The summed E-state index contributed by atoms with van der Waals surface area (Å²) in [6.07, 6.45) is 3.83. The highest BCUT2D eigenvalue weighted by Gasteiger charge is 2.30. The second-order valence-electron chi connectivity index (χ2n) is 6.26. The van der Waals surface area contributed by atoms with Crippen molar-refractivity contribution in [3.8, 4) is 0 Å². The maximum atomic E-state index is 11.4. The Morgan fingerprint density at radius 3 is 2.53 bits per heavy atom. The van der Waals surface area contributed by atoms with Crippen molar-refractivity contribution in [3.63, 3.8) is 0 Å². The molecule has 3 nitrogen and oxygen atoms in total. The highest BCUT2D eigenvalue weighted by molar-refractivity contribution is 5.93. The minimum atomic E-state index is -0.0305. The Morgan fingerprint density at radius 1 is 1.32 bits per heavy atom. The van der Waals surface area contributed by atoms with Gasteiger partial charge in [-0.15, -0.1) is 0 Å². The van der Waals surface area contributed by atoms with Gasteiger partial charge in [0.1, 0.15) is 0 Å². The minimum absolute atomic E-state index is 0.0305. The van der Waals surface area contributed by atoms with Crippen LogP contribution in [0, 0.1) is 5.41 Å². The Kier molecular flexibility index (Phi) is 4.25. The first-order chi connectivity index (χ1) is 9.00. The van der Waals surface area contributed by atoms with Crippen LogP contribution in [0.3, 0.4) is 0 Å². The molecule has 2 N–H and O–H groups in total. The molecule has 3 heteroatoms. The molecule has 1 aromatic carbocycles. The Morgan fingerprint density at radius 2 is 2.00 bits per heavy atom. The molecule has 1 aliphatic carbocycles. The van der Waals surface area contributed by atoms with Crippen LogP contribution in [-0.4, -0.2) is 19.0 Å². The Balaban J connectivity index is 1.85. The fourth-order valence-electron chi connectivity index (χ4n) is 2.79. The lowest BCUT2D eigenvalue weighted by Gasteiger charge is -2.18. The zero-order valence-electron chi connectivity index (χ0n) is 12.1. The molecule has 0 spiro atoms. The van der Waals surface area contributed by atoms with Gasteiger partial charge >= 0.3 is 0 Å². The van der Waals surface area contributed by atoms with Crippen LogP contribution in [0.2, 0.25) is 0 Å². The van der Waals surface area contributed by atoms with Gasteiger partial charge in [0.05, 0.1) is 0 Å². The third-order valence-corrected chi connectivity index (χ3v) is 4.01. The number of hydrogen-bond acceptors (Lipinski definition) is 2. The Bertz CT molecular complexity index is 437. The van der Waals surface area contributed by atoms with Gasteiger partial charge in [0, 0.05) is 25.2 Å². The molecule has 19 heavy (non-hydrogen) atoms. The number of benzene rings is 1. The van der Waals surface area contributed by atoms with E-state index in [1.54, 1.807) is 7.05 Å². The molecular formula is C16H24N2O. The monoisotopic (exact) mass is 260 g/mol. The first kappa shape index (κ1) is 14.1. The van der Waals surface area contributed by atoms with Crippen molar-refractivity contribution in [3.05, 3.63) is 35.4 Å². The van der Waals surface area contributed by atoms with Crippen molar-refractivity contribution in [2.45, 2.75) is 45.7 Å². The molecule has 1 aromatic rings. The quantitative estimate of drug-likeness (QED) is 0.874. The summed E-state index contributed by atoms with van der Waals surface area (Å²) in [5, 5.41) is 6.25. The fraction of sp³-hybridized carbons (Fsp3) is 0.562. The molecule has 2 rings (SSSR count). The topological polar surface area (TPSA) is 41.1 Å². The van der Waals surface area contributed by atoms with Crippen LogP contribution < -0.4 is 10.6 Å². The van der Waals surface area contributed by atoms with Crippen LogP contribution in [0.25, 0.3) is 0 Å². The van der Waals surface area contributed by atoms with E-state index in [0.717, 1.165) is 6.54 Å². The van der Waals surface area contributed by atoms with Gasteiger partial charge in [-0.25, -0.2) is 0 Å². The first-order valence-electron chi connectivity index (χ1n) is 7.04. The molecule has 1 atom stereocenters. The molecule has 0 heterocycles. The molecule has 0 saturated heterocycles. The largest absolute Gasteiger partial charge is 0.355 e. The zero-order chi connectivity index (χ0) is 13.9. The van der Waals surface area contributed by atoms with Crippen molar-refractivity contribution in [2.24, 2.45) is 5.41 Å². The van der Waals surface area contributed by atoms with Gasteiger partial charge < -0.3 is 10.6 Å². The molecule has 1 fully saturated rings. The maximum absolute atomic E-state index is 11.4. The molecule has 0 aromatic heterocycles. The van der Waals surface area contributed by atoms with E-state index in [2.05, 4.69) is 24.5 Å². The summed E-state index contributed by atoms with van der Waals surface area (Å²) in [4.78, 5) is 11.4. The van der Waals surface area contributed by atoms with Gasteiger partial charge in [0.25, 0.3) is 5.91 Å². The number of amides is 1. The Hall–Kier alpha value is -1.35. The highest BCUT2D eigenvalue weighted by Crippen LogP contribution is 2.36. The standard InChI is InChI=1S/C16H24N2O/c1-16(2)9-8-14(10-16)18-11-12-4-6-13(7-5-12)15(19)17-3/h4-7,14,18H,8-11H2,1-3H3,(H,17,19). The SMILES string of the molecule is CNC(=O)c1ccc(CNC2CCC(C)(C)C2)cc1. The maximum Gasteiger partial charge on any atom is 0.251 e. The van der Waals surface area contributed by atoms with Crippen LogP contribution >= 0.6 is 0 Å². The molecule has 0 radical (unpaired) electrons. The smallest absolute Gasteiger partial charge is 0.251 e. The van der Waals surface area contributed by atoms with E-state index in [-0.39, 0.29) is 5.91 Å². The van der Waals surface area contributed by atoms with E-state index in [9.17, 15) is 4.79 Å². The number of rotatable bonds is 4. The summed E-state index contributed by atoms with van der Waals surface area (Å²) in [7, 11) is 1.65. The van der Waals surface area contributed by atoms with Gasteiger partial charge in [-0.2, -0.15) is 0 Å². The summed E-state index contributed by atoms with van der Waals surface area (Å²) >= 11 is 0.